The number of hydrogen-bond donors (Lipinski definition) is 2. The van der Waals surface area contributed by atoms with Gasteiger partial charge in [-0.3, -0.25) is 0 Å². The van der Waals surface area contributed by atoms with E-state index >= 15 is 0 Å². The summed E-state index contributed by atoms with van der Waals surface area (Å²) in [6.07, 6.45) is 0. The Morgan fingerprint density at radius 1 is 1.00 bits per heavy atom. The SMILES string of the molecule is NC(CO)c1ccc(-c2ccc(C=S)cc2)cc1. The third kappa shape index (κ3) is 2.82. The van der Waals surface area contributed by atoms with Crippen molar-refractivity contribution in [3.63, 3.8) is 0 Å². The maximum atomic E-state index is 8.99. The Morgan fingerprint density at radius 3 is 1.94 bits per heavy atom. The Kier molecular flexibility index (Phi) is 4.20. The van der Waals surface area contributed by atoms with Gasteiger partial charge >= 0.3 is 0 Å². The molecule has 3 N–H and O–H groups in total. The van der Waals surface area contributed by atoms with E-state index in [-0.39, 0.29) is 12.6 Å². The molecule has 0 aliphatic heterocycles. The smallest absolute Gasteiger partial charge is 0.0624 e. The van der Waals surface area contributed by atoms with Gasteiger partial charge in [0, 0.05) is 5.37 Å². The minimum atomic E-state index is -0.309. The van der Waals surface area contributed by atoms with Crippen LogP contribution in [0, 0.1) is 0 Å². The molecule has 0 saturated heterocycles. The van der Waals surface area contributed by atoms with Crippen LogP contribution < -0.4 is 5.73 Å². The van der Waals surface area contributed by atoms with E-state index in [1.165, 1.54) is 0 Å². The molecule has 0 aromatic heterocycles. The van der Waals surface area contributed by atoms with Crippen LogP contribution >= 0.6 is 12.2 Å². The lowest BCUT2D eigenvalue weighted by molar-refractivity contribution is 0.268. The molecular formula is C15H15NOS. The van der Waals surface area contributed by atoms with Gasteiger partial charge < -0.3 is 10.8 Å². The highest BCUT2D eigenvalue weighted by Crippen LogP contribution is 2.21. The lowest BCUT2D eigenvalue weighted by Crippen LogP contribution is -2.14. The monoisotopic (exact) mass is 257 g/mol. The molecule has 2 rings (SSSR count). The molecule has 1 atom stereocenters. The second-order valence-corrected chi connectivity index (χ2v) is 4.39. The molecule has 0 heterocycles. The van der Waals surface area contributed by atoms with E-state index in [9.17, 15) is 0 Å². The van der Waals surface area contributed by atoms with Gasteiger partial charge in [0.05, 0.1) is 12.6 Å². The lowest BCUT2D eigenvalue weighted by Gasteiger charge is -2.09. The second-order valence-electron chi connectivity index (χ2n) is 4.15. The topological polar surface area (TPSA) is 46.2 Å². The summed E-state index contributed by atoms with van der Waals surface area (Å²) in [5, 5.41) is 10.7. The molecule has 0 saturated carbocycles. The number of hydrogen-bond acceptors (Lipinski definition) is 3. The fourth-order valence-electron chi connectivity index (χ4n) is 1.78. The highest BCUT2D eigenvalue weighted by molar-refractivity contribution is 7.79. The number of benzene rings is 2. The summed E-state index contributed by atoms with van der Waals surface area (Å²) in [5.41, 5.74) is 9.99. The van der Waals surface area contributed by atoms with Crippen molar-refractivity contribution < 1.29 is 5.11 Å². The molecule has 1 unspecified atom stereocenters. The van der Waals surface area contributed by atoms with E-state index in [1.54, 1.807) is 5.37 Å². The number of aliphatic hydroxyl groups is 1. The van der Waals surface area contributed by atoms with Crippen LogP contribution in [-0.4, -0.2) is 17.1 Å². The van der Waals surface area contributed by atoms with Crippen molar-refractivity contribution in [3.8, 4) is 11.1 Å². The zero-order valence-corrected chi connectivity index (χ0v) is 10.7. The van der Waals surface area contributed by atoms with E-state index in [4.69, 9.17) is 23.1 Å². The molecule has 18 heavy (non-hydrogen) atoms. The minimum absolute atomic E-state index is 0.0390. The Morgan fingerprint density at radius 2 is 1.50 bits per heavy atom. The average molecular weight is 257 g/mol. The quantitative estimate of drug-likeness (QED) is 0.828. The van der Waals surface area contributed by atoms with E-state index < -0.39 is 0 Å². The van der Waals surface area contributed by atoms with Gasteiger partial charge in [-0.05, 0) is 22.3 Å². The fraction of sp³-hybridized carbons (Fsp3) is 0.133. The van der Waals surface area contributed by atoms with E-state index in [0.717, 1.165) is 22.3 Å². The third-order valence-electron chi connectivity index (χ3n) is 2.92. The lowest BCUT2D eigenvalue weighted by atomic mass is 10.0. The first-order valence-corrected chi connectivity index (χ1v) is 6.24. The van der Waals surface area contributed by atoms with E-state index in [0.29, 0.717) is 0 Å². The fourth-order valence-corrected chi connectivity index (χ4v) is 1.94. The normalized spacial score (nSPS) is 12.1. The zero-order chi connectivity index (χ0) is 13.0. The Bertz CT molecular complexity index is 519. The molecule has 0 fully saturated rings. The molecule has 0 amide bonds. The summed E-state index contributed by atoms with van der Waals surface area (Å²) in [4.78, 5) is 0. The first kappa shape index (κ1) is 12.9. The Hall–Kier alpha value is -1.55. The molecule has 2 nitrogen and oxygen atoms in total. The summed E-state index contributed by atoms with van der Waals surface area (Å²) in [6.45, 7) is -0.0390. The van der Waals surface area contributed by atoms with Gasteiger partial charge in [-0.25, -0.2) is 0 Å². The first-order chi connectivity index (χ1) is 8.74. The van der Waals surface area contributed by atoms with Crippen LogP contribution in [-0.2, 0) is 0 Å². The summed E-state index contributed by atoms with van der Waals surface area (Å²) in [7, 11) is 0. The van der Waals surface area contributed by atoms with Gasteiger partial charge in [0.25, 0.3) is 0 Å². The van der Waals surface area contributed by atoms with Crippen LogP contribution in [0.15, 0.2) is 48.5 Å². The molecular weight excluding hydrogens is 242 g/mol. The van der Waals surface area contributed by atoms with Crippen molar-refractivity contribution in [1.29, 1.82) is 0 Å². The number of rotatable bonds is 4. The van der Waals surface area contributed by atoms with Gasteiger partial charge in [0.1, 0.15) is 0 Å². The Balaban J connectivity index is 2.25. The summed E-state index contributed by atoms with van der Waals surface area (Å²) in [6, 6.07) is 15.7. The van der Waals surface area contributed by atoms with Gasteiger partial charge in [-0.1, -0.05) is 60.7 Å². The first-order valence-electron chi connectivity index (χ1n) is 5.76. The van der Waals surface area contributed by atoms with Crippen LogP contribution in [0.5, 0.6) is 0 Å². The van der Waals surface area contributed by atoms with Crippen molar-refractivity contribution in [2.75, 3.05) is 6.61 Å². The molecule has 2 aromatic rings. The molecule has 92 valence electrons. The second kappa shape index (κ2) is 5.87. The number of thiocarbonyl (C=S) groups is 1. The standard InChI is InChI=1S/C15H15NOS/c16-15(9-17)14-7-5-13(6-8-14)12-3-1-11(10-18)2-4-12/h1-8,10,15,17H,9,16H2. The Labute approximate surface area is 112 Å². The van der Waals surface area contributed by atoms with Crippen LogP contribution in [0.2, 0.25) is 0 Å². The largest absolute Gasteiger partial charge is 0.394 e. The van der Waals surface area contributed by atoms with Crippen LogP contribution in [0.1, 0.15) is 17.2 Å². The maximum absolute atomic E-state index is 8.99. The van der Waals surface area contributed by atoms with Crippen LogP contribution in [0.25, 0.3) is 11.1 Å². The predicted molar refractivity (Wildman–Crippen MR) is 78.6 cm³/mol. The number of nitrogens with two attached hydrogens (primary N) is 1. The van der Waals surface area contributed by atoms with Gasteiger partial charge in [-0.15, -0.1) is 0 Å². The molecule has 0 aliphatic rings. The molecule has 0 bridgehead atoms. The molecule has 2 aromatic carbocycles. The molecule has 0 aliphatic carbocycles. The van der Waals surface area contributed by atoms with Crippen molar-refractivity contribution in [2.24, 2.45) is 5.73 Å². The highest BCUT2D eigenvalue weighted by atomic mass is 32.1. The van der Waals surface area contributed by atoms with E-state index in [1.807, 2.05) is 48.5 Å². The van der Waals surface area contributed by atoms with Crippen molar-refractivity contribution in [2.45, 2.75) is 6.04 Å². The van der Waals surface area contributed by atoms with Crippen molar-refractivity contribution in [1.82, 2.24) is 0 Å². The zero-order valence-electron chi connectivity index (χ0n) is 9.91. The predicted octanol–water partition coefficient (Wildman–Crippen LogP) is 2.69. The minimum Gasteiger partial charge on any atom is -0.394 e. The molecule has 3 heteroatoms. The molecule has 0 spiro atoms. The van der Waals surface area contributed by atoms with Crippen LogP contribution in [0.4, 0.5) is 0 Å². The van der Waals surface area contributed by atoms with Crippen LogP contribution in [0.3, 0.4) is 0 Å². The van der Waals surface area contributed by atoms with Gasteiger partial charge in [0.2, 0.25) is 0 Å². The highest BCUT2D eigenvalue weighted by Gasteiger charge is 2.04. The average Bonchev–Trinajstić information content (AvgIpc) is 2.47. The van der Waals surface area contributed by atoms with Crippen molar-refractivity contribution >= 4 is 17.6 Å². The summed E-state index contributed by atoms with van der Waals surface area (Å²) in [5.74, 6) is 0. The van der Waals surface area contributed by atoms with E-state index in [2.05, 4.69) is 0 Å². The van der Waals surface area contributed by atoms with Gasteiger partial charge in [0.15, 0.2) is 0 Å². The van der Waals surface area contributed by atoms with Gasteiger partial charge in [-0.2, -0.15) is 0 Å². The summed E-state index contributed by atoms with van der Waals surface area (Å²) < 4.78 is 0. The molecule has 0 radical (unpaired) electrons. The third-order valence-corrected chi connectivity index (χ3v) is 3.19. The maximum Gasteiger partial charge on any atom is 0.0624 e. The summed E-state index contributed by atoms with van der Waals surface area (Å²) >= 11 is 4.88. The number of aliphatic hydroxyl groups excluding tert-OH is 1. The van der Waals surface area contributed by atoms with Crippen molar-refractivity contribution in [3.05, 3.63) is 59.7 Å².